The molecule has 3 aliphatic heterocycles. The monoisotopic (exact) mass is 363 g/mol. The van der Waals surface area contributed by atoms with Crippen molar-refractivity contribution in [3.63, 3.8) is 0 Å². The lowest BCUT2D eigenvalue weighted by molar-refractivity contribution is 0.00212. The molecule has 4 unspecified atom stereocenters. The van der Waals surface area contributed by atoms with E-state index in [9.17, 15) is 0 Å². The molecule has 1 aromatic carbocycles. The molecule has 3 aliphatic rings. The van der Waals surface area contributed by atoms with Crippen LogP contribution in [0.5, 0.6) is 11.5 Å². The number of nitrogens with zero attached hydrogens (tertiary/aromatic N) is 1. The molecule has 0 aliphatic carbocycles. The van der Waals surface area contributed by atoms with Gasteiger partial charge in [0.15, 0.2) is 5.11 Å². The smallest absolute Gasteiger partial charge is 0.170 e. The second-order valence-corrected chi connectivity index (χ2v) is 7.45. The fraction of sp³-hybridized carbons (Fsp3) is 0.632. The zero-order chi connectivity index (χ0) is 17.8. The van der Waals surface area contributed by atoms with Crippen molar-refractivity contribution in [3.8, 4) is 11.5 Å². The van der Waals surface area contributed by atoms with E-state index in [0.29, 0.717) is 11.2 Å². The standard InChI is InChI=1S/C19H29N3O2S/c1-4-13-12-22-6-5-14(13)7-16(22)11-20-19(25)21-15-8-17(23-2)10-18(9-15)24-3/h8-10,13-14,16H,4-7,11-12H2,1-3H3,(H2,20,21,25). The Morgan fingerprint density at radius 3 is 2.52 bits per heavy atom. The number of fused-ring (bicyclic) bond motifs is 3. The van der Waals surface area contributed by atoms with Gasteiger partial charge < -0.3 is 20.1 Å². The van der Waals surface area contributed by atoms with Gasteiger partial charge in [0.2, 0.25) is 0 Å². The molecule has 1 aromatic rings. The molecule has 3 fully saturated rings. The summed E-state index contributed by atoms with van der Waals surface area (Å²) in [7, 11) is 3.29. The van der Waals surface area contributed by atoms with Crippen molar-refractivity contribution in [3.05, 3.63) is 18.2 Å². The molecule has 2 bridgehead atoms. The van der Waals surface area contributed by atoms with Gasteiger partial charge in [0.25, 0.3) is 0 Å². The Balaban J connectivity index is 1.52. The van der Waals surface area contributed by atoms with Crippen LogP contribution in [0, 0.1) is 11.8 Å². The molecule has 3 heterocycles. The molecule has 0 spiro atoms. The van der Waals surface area contributed by atoms with Crippen LogP contribution in [0.2, 0.25) is 0 Å². The number of ether oxygens (including phenoxy) is 2. The molecule has 4 atom stereocenters. The minimum absolute atomic E-state index is 0.598. The first-order chi connectivity index (χ1) is 12.1. The maximum atomic E-state index is 5.47. The summed E-state index contributed by atoms with van der Waals surface area (Å²) in [4.78, 5) is 2.64. The van der Waals surface area contributed by atoms with Gasteiger partial charge in [0, 0.05) is 43.0 Å². The first-order valence-corrected chi connectivity index (χ1v) is 9.55. The molecule has 3 saturated heterocycles. The van der Waals surface area contributed by atoms with Crippen molar-refractivity contribution in [2.45, 2.75) is 32.2 Å². The van der Waals surface area contributed by atoms with Crippen LogP contribution in [0.4, 0.5) is 5.69 Å². The number of benzene rings is 1. The van der Waals surface area contributed by atoms with Gasteiger partial charge in [-0.05, 0) is 43.4 Å². The average Bonchev–Trinajstić information content (AvgIpc) is 2.66. The molecular formula is C19H29N3O2S. The minimum Gasteiger partial charge on any atom is -0.497 e. The van der Waals surface area contributed by atoms with Crippen LogP contribution in [-0.2, 0) is 0 Å². The van der Waals surface area contributed by atoms with E-state index < -0.39 is 0 Å². The maximum absolute atomic E-state index is 5.47. The summed E-state index contributed by atoms with van der Waals surface area (Å²) in [6.45, 7) is 5.71. The van der Waals surface area contributed by atoms with E-state index in [4.69, 9.17) is 21.7 Å². The van der Waals surface area contributed by atoms with Crippen LogP contribution in [0.15, 0.2) is 18.2 Å². The van der Waals surface area contributed by atoms with E-state index in [1.807, 2.05) is 18.2 Å². The number of rotatable bonds is 6. The highest BCUT2D eigenvalue weighted by Crippen LogP contribution is 2.37. The molecular weight excluding hydrogens is 334 g/mol. The van der Waals surface area contributed by atoms with Crippen molar-refractivity contribution in [1.82, 2.24) is 10.2 Å². The van der Waals surface area contributed by atoms with E-state index >= 15 is 0 Å². The number of hydrogen-bond donors (Lipinski definition) is 2. The summed E-state index contributed by atoms with van der Waals surface area (Å²) in [6, 6.07) is 6.27. The zero-order valence-corrected chi connectivity index (χ0v) is 16.2. The van der Waals surface area contributed by atoms with Gasteiger partial charge in [-0.25, -0.2) is 0 Å². The first kappa shape index (κ1) is 18.3. The maximum Gasteiger partial charge on any atom is 0.170 e. The SMILES string of the molecule is CCC1CN2CCC1CC2CNC(=S)Nc1cc(OC)cc(OC)c1. The summed E-state index contributed by atoms with van der Waals surface area (Å²) >= 11 is 5.47. The van der Waals surface area contributed by atoms with E-state index in [1.165, 1.54) is 32.4 Å². The Bertz CT molecular complexity index is 588. The van der Waals surface area contributed by atoms with Gasteiger partial charge in [-0.3, -0.25) is 4.90 Å². The highest BCUT2D eigenvalue weighted by Gasteiger charge is 2.38. The molecule has 25 heavy (non-hydrogen) atoms. The molecule has 2 N–H and O–H groups in total. The van der Waals surface area contributed by atoms with Gasteiger partial charge in [-0.1, -0.05) is 13.3 Å². The predicted molar refractivity (Wildman–Crippen MR) is 106 cm³/mol. The van der Waals surface area contributed by atoms with Crippen LogP contribution in [-0.4, -0.2) is 49.9 Å². The summed E-state index contributed by atoms with van der Waals surface area (Å²) in [5, 5.41) is 7.27. The topological polar surface area (TPSA) is 45.8 Å². The fourth-order valence-electron chi connectivity index (χ4n) is 4.19. The lowest BCUT2D eigenvalue weighted by Gasteiger charge is -2.50. The number of methoxy groups -OCH3 is 2. The lowest BCUT2D eigenvalue weighted by Crippen LogP contribution is -2.56. The quantitative estimate of drug-likeness (QED) is 0.758. The Kier molecular flexibility index (Phi) is 6.02. The molecule has 0 radical (unpaired) electrons. The highest BCUT2D eigenvalue weighted by molar-refractivity contribution is 7.80. The lowest BCUT2D eigenvalue weighted by atomic mass is 9.74. The van der Waals surface area contributed by atoms with Crippen LogP contribution in [0.25, 0.3) is 0 Å². The normalized spacial score (nSPS) is 27.6. The Hall–Kier alpha value is -1.53. The largest absolute Gasteiger partial charge is 0.497 e. The summed E-state index contributed by atoms with van der Waals surface area (Å²) < 4.78 is 10.6. The van der Waals surface area contributed by atoms with Crippen molar-refractivity contribution in [1.29, 1.82) is 0 Å². The van der Waals surface area contributed by atoms with Crippen LogP contribution >= 0.6 is 12.2 Å². The molecule has 6 heteroatoms. The van der Waals surface area contributed by atoms with E-state index in [1.54, 1.807) is 14.2 Å². The summed E-state index contributed by atoms with van der Waals surface area (Å²) in [5.41, 5.74) is 0.866. The predicted octanol–water partition coefficient (Wildman–Crippen LogP) is 3.11. The zero-order valence-electron chi connectivity index (χ0n) is 15.4. The summed E-state index contributed by atoms with van der Waals surface area (Å²) in [5.74, 6) is 3.27. The first-order valence-electron chi connectivity index (χ1n) is 9.15. The van der Waals surface area contributed by atoms with E-state index in [-0.39, 0.29) is 0 Å². The number of anilines is 1. The fourth-order valence-corrected chi connectivity index (χ4v) is 4.39. The second-order valence-electron chi connectivity index (χ2n) is 7.04. The molecule has 5 nitrogen and oxygen atoms in total. The molecule has 4 rings (SSSR count). The third-order valence-electron chi connectivity index (χ3n) is 5.65. The molecule has 0 saturated carbocycles. The van der Waals surface area contributed by atoms with Gasteiger partial charge in [-0.2, -0.15) is 0 Å². The Morgan fingerprint density at radius 1 is 1.24 bits per heavy atom. The summed E-state index contributed by atoms with van der Waals surface area (Å²) in [6.07, 6.45) is 3.96. The third kappa shape index (κ3) is 4.36. The molecule has 0 amide bonds. The van der Waals surface area contributed by atoms with Crippen molar-refractivity contribution < 1.29 is 9.47 Å². The molecule has 0 aromatic heterocycles. The number of thiocarbonyl (C=S) groups is 1. The van der Waals surface area contributed by atoms with Gasteiger partial charge in [-0.15, -0.1) is 0 Å². The van der Waals surface area contributed by atoms with Crippen LogP contribution < -0.4 is 20.1 Å². The van der Waals surface area contributed by atoms with Crippen molar-refractivity contribution in [2.24, 2.45) is 11.8 Å². The third-order valence-corrected chi connectivity index (χ3v) is 5.89. The van der Waals surface area contributed by atoms with E-state index in [2.05, 4.69) is 22.5 Å². The van der Waals surface area contributed by atoms with Crippen LogP contribution in [0.1, 0.15) is 26.2 Å². The Morgan fingerprint density at radius 2 is 1.96 bits per heavy atom. The van der Waals surface area contributed by atoms with Crippen molar-refractivity contribution >= 4 is 23.0 Å². The van der Waals surface area contributed by atoms with Gasteiger partial charge in [0.1, 0.15) is 11.5 Å². The number of hydrogen-bond acceptors (Lipinski definition) is 4. The van der Waals surface area contributed by atoms with Crippen molar-refractivity contribution in [2.75, 3.05) is 39.2 Å². The second kappa shape index (κ2) is 8.23. The number of piperidine rings is 3. The number of nitrogens with one attached hydrogen (secondary N) is 2. The average molecular weight is 364 g/mol. The highest BCUT2D eigenvalue weighted by atomic mass is 32.1. The van der Waals surface area contributed by atoms with E-state index in [0.717, 1.165) is 35.6 Å². The molecule has 138 valence electrons. The van der Waals surface area contributed by atoms with Gasteiger partial charge in [0.05, 0.1) is 14.2 Å². The minimum atomic E-state index is 0.598. The van der Waals surface area contributed by atoms with Crippen LogP contribution in [0.3, 0.4) is 0 Å². The Labute approximate surface area is 156 Å². The van der Waals surface area contributed by atoms with Gasteiger partial charge >= 0.3 is 0 Å².